The van der Waals surface area contributed by atoms with Crippen molar-refractivity contribution < 1.29 is 9.59 Å². The fourth-order valence-corrected chi connectivity index (χ4v) is 4.23. The van der Waals surface area contributed by atoms with Crippen LogP contribution < -0.4 is 5.32 Å². The number of hydrogen-bond acceptors (Lipinski definition) is 2. The van der Waals surface area contributed by atoms with Crippen LogP contribution in [0.3, 0.4) is 0 Å². The van der Waals surface area contributed by atoms with E-state index in [0.29, 0.717) is 24.7 Å². The summed E-state index contributed by atoms with van der Waals surface area (Å²) in [5.74, 6) is 0.00959. The van der Waals surface area contributed by atoms with Crippen LogP contribution in [-0.2, 0) is 4.79 Å². The van der Waals surface area contributed by atoms with Gasteiger partial charge < -0.3 is 14.8 Å². The summed E-state index contributed by atoms with van der Waals surface area (Å²) in [7, 11) is 0. The van der Waals surface area contributed by atoms with E-state index in [4.69, 9.17) is 0 Å². The molecule has 1 saturated carbocycles. The maximum Gasteiger partial charge on any atom is 0.251 e. The molecule has 5 heteroatoms. The van der Waals surface area contributed by atoms with E-state index in [1.54, 1.807) is 6.08 Å². The number of rotatable bonds is 5. The van der Waals surface area contributed by atoms with E-state index in [2.05, 4.69) is 29.8 Å². The number of likely N-dealkylation sites (tertiary alicyclic amines) is 1. The zero-order valence-electron chi connectivity index (χ0n) is 17.2. The summed E-state index contributed by atoms with van der Waals surface area (Å²) in [6.45, 7) is 5.61. The molecule has 2 aromatic rings. The van der Waals surface area contributed by atoms with Gasteiger partial charge in [-0.25, -0.2) is 0 Å². The lowest BCUT2D eigenvalue weighted by Crippen LogP contribution is -2.46. The van der Waals surface area contributed by atoms with Gasteiger partial charge in [-0.1, -0.05) is 18.2 Å². The van der Waals surface area contributed by atoms with E-state index >= 15 is 0 Å². The first-order chi connectivity index (χ1) is 14.0. The molecule has 2 heterocycles. The molecule has 1 aromatic carbocycles. The molecular weight excluding hydrogens is 362 g/mol. The minimum Gasteiger partial charge on any atom is -0.349 e. The number of amides is 2. The van der Waals surface area contributed by atoms with Gasteiger partial charge in [-0.3, -0.25) is 9.59 Å². The molecule has 1 aliphatic carbocycles. The molecule has 5 nitrogen and oxygen atoms in total. The van der Waals surface area contributed by atoms with E-state index in [0.717, 1.165) is 18.4 Å². The molecule has 0 bridgehead atoms. The van der Waals surface area contributed by atoms with Crippen molar-refractivity contribution in [1.82, 2.24) is 14.8 Å². The Balaban J connectivity index is 1.30. The summed E-state index contributed by atoms with van der Waals surface area (Å²) in [6.07, 6.45) is 7.74. The van der Waals surface area contributed by atoms with Crippen LogP contribution in [0.2, 0.25) is 0 Å². The lowest BCUT2D eigenvalue weighted by atomic mass is 10.0. The van der Waals surface area contributed by atoms with Gasteiger partial charge in [0.2, 0.25) is 5.91 Å². The smallest absolute Gasteiger partial charge is 0.251 e. The van der Waals surface area contributed by atoms with Gasteiger partial charge in [0.05, 0.1) is 0 Å². The number of aryl methyl sites for hydroxylation is 1. The Hall–Kier alpha value is -2.82. The minimum atomic E-state index is -0.0405. The van der Waals surface area contributed by atoms with E-state index < -0.39 is 0 Å². The van der Waals surface area contributed by atoms with Crippen LogP contribution in [0.1, 0.15) is 59.0 Å². The van der Waals surface area contributed by atoms with Gasteiger partial charge in [0.25, 0.3) is 5.91 Å². The number of nitrogens with one attached hydrogen (secondary N) is 1. The number of benzene rings is 1. The van der Waals surface area contributed by atoms with Gasteiger partial charge in [0.1, 0.15) is 0 Å². The quantitative estimate of drug-likeness (QED) is 0.787. The number of hydrogen-bond donors (Lipinski definition) is 1. The highest BCUT2D eigenvalue weighted by molar-refractivity contribution is 5.94. The van der Waals surface area contributed by atoms with Gasteiger partial charge >= 0.3 is 0 Å². The second-order valence-corrected chi connectivity index (χ2v) is 8.20. The standard InChI is InChI=1S/C24H29N3O2/c1-17-16-20(18(2)27(17)22-9-10-22)8-11-23(28)26-14-12-21(13-15-26)25-24(29)19-6-4-3-5-7-19/h3-8,11,16,21-22H,9-10,12-15H2,1-2H3,(H,25,29)/b11-8+. The summed E-state index contributed by atoms with van der Waals surface area (Å²) >= 11 is 0. The maximum atomic E-state index is 12.6. The summed E-state index contributed by atoms with van der Waals surface area (Å²) in [4.78, 5) is 26.8. The van der Waals surface area contributed by atoms with Crippen LogP contribution in [0.25, 0.3) is 6.08 Å². The Morgan fingerprint density at radius 3 is 2.38 bits per heavy atom. The first kappa shape index (κ1) is 19.5. The molecule has 1 aliphatic heterocycles. The van der Waals surface area contributed by atoms with Crippen LogP contribution in [0.15, 0.2) is 42.5 Å². The number of carbonyl (C=O) groups excluding carboxylic acids is 2. The fraction of sp³-hybridized carbons (Fsp3) is 0.417. The Morgan fingerprint density at radius 2 is 1.72 bits per heavy atom. The van der Waals surface area contributed by atoms with Crippen molar-refractivity contribution in [3.05, 3.63) is 65.0 Å². The molecule has 1 saturated heterocycles. The summed E-state index contributed by atoms with van der Waals surface area (Å²) in [5.41, 5.74) is 4.33. The number of nitrogens with zero attached hydrogens (tertiary/aromatic N) is 2. The SMILES string of the molecule is Cc1cc(/C=C/C(=O)N2CCC(NC(=O)c3ccccc3)CC2)c(C)n1C1CC1. The third-order valence-electron chi connectivity index (χ3n) is 6.02. The van der Waals surface area contributed by atoms with Crippen molar-refractivity contribution in [2.75, 3.05) is 13.1 Å². The highest BCUT2D eigenvalue weighted by Gasteiger charge is 2.27. The van der Waals surface area contributed by atoms with Crippen LogP contribution >= 0.6 is 0 Å². The molecule has 29 heavy (non-hydrogen) atoms. The second-order valence-electron chi connectivity index (χ2n) is 8.20. The Bertz CT molecular complexity index is 917. The minimum absolute atomic E-state index is 0.0405. The molecular formula is C24H29N3O2. The van der Waals surface area contributed by atoms with Gasteiger partial charge in [-0.15, -0.1) is 0 Å². The topological polar surface area (TPSA) is 54.3 Å². The third-order valence-corrected chi connectivity index (χ3v) is 6.02. The van der Waals surface area contributed by atoms with Gasteiger partial charge in [0.15, 0.2) is 0 Å². The fourth-order valence-electron chi connectivity index (χ4n) is 4.23. The Kier molecular flexibility index (Phi) is 5.56. The predicted molar refractivity (Wildman–Crippen MR) is 115 cm³/mol. The average molecular weight is 392 g/mol. The van der Waals surface area contributed by atoms with Crippen molar-refractivity contribution in [3.63, 3.8) is 0 Å². The molecule has 4 rings (SSSR count). The van der Waals surface area contributed by atoms with Gasteiger partial charge in [0, 0.05) is 48.2 Å². The zero-order chi connectivity index (χ0) is 20.4. The highest BCUT2D eigenvalue weighted by atomic mass is 16.2. The molecule has 0 spiro atoms. The largest absolute Gasteiger partial charge is 0.349 e. The van der Waals surface area contributed by atoms with Crippen molar-refractivity contribution >= 4 is 17.9 Å². The van der Waals surface area contributed by atoms with Gasteiger partial charge in [-0.05, 0) is 69.4 Å². The average Bonchev–Trinajstić information content (AvgIpc) is 3.52. The van der Waals surface area contributed by atoms with Crippen LogP contribution in [0.4, 0.5) is 0 Å². The monoisotopic (exact) mass is 391 g/mol. The number of aromatic nitrogens is 1. The molecule has 2 fully saturated rings. The number of piperidine rings is 1. The molecule has 2 aliphatic rings. The summed E-state index contributed by atoms with van der Waals surface area (Å²) in [5, 5.41) is 3.09. The summed E-state index contributed by atoms with van der Waals surface area (Å²) < 4.78 is 2.39. The normalized spacial score (nSPS) is 17.7. The molecule has 0 unspecified atom stereocenters. The van der Waals surface area contributed by atoms with E-state index in [1.165, 1.54) is 24.2 Å². The van der Waals surface area contributed by atoms with Crippen molar-refractivity contribution in [2.45, 2.75) is 51.6 Å². The second kappa shape index (κ2) is 8.27. The molecule has 2 amide bonds. The van der Waals surface area contributed by atoms with E-state index in [-0.39, 0.29) is 17.9 Å². The van der Waals surface area contributed by atoms with Crippen molar-refractivity contribution in [1.29, 1.82) is 0 Å². The first-order valence-electron chi connectivity index (χ1n) is 10.5. The molecule has 152 valence electrons. The number of carbonyl (C=O) groups is 2. The van der Waals surface area contributed by atoms with Crippen LogP contribution in [0.5, 0.6) is 0 Å². The maximum absolute atomic E-state index is 12.6. The van der Waals surface area contributed by atoms with Crippen molar-refractivity contribution in [3.8, 4) is 0 Å². The molecule has 0 radical (unpaired) electrons. The third kappa shape index (κ3) is 4.44. The van der Waals surface area contributed by atoms with Crippen LogP contribution in [0, 0.1) is 13.8 Å². The van der Waals surface area contributed by atoms with E-state index in [9.17, 15) is 9.59 Å². The lowest BCUT2D eigenvalue weighted by molar-refractivity contribution is -0.126. The molecule has 0 atom stereocenters. The van der Waals surface area contributed by atoms with Gasteiger partial charge in [-0.2, -0.15) is 0 Å². The zero-order valence-corrected chi connectivity index (χ0v) is 17.2. The van der Waals surface area contributed by atoms with Crippen molar-refractivity contribution in [2.24, 2.45) is 0 Å². The molecule has 1 aromatic heterocycles. The van der Waals surface area contributed by atoms with E-state index in [1.807, 2.05) is 41.3 Å². The molecule has 1 N–H and O–H groups in total. The summed E-state index contributed by atoms with van der Waals surface area (Å²) in [6, 6.07) is 12.2. The predicted octanol–water partition coefficient (Wildman–Crippen LogP) is 3.87. The first-order valence-corrected chi connectivity index (χ1v) is 10.5. The Labute approximate surface area is 172 Å². The van der Waals surface area contributed by atoms with Crippen LogP contribution in [-0.4, -0.2) is 40.4 Å². The highest BCUT2D eigenvalue weighted by Crippen LogP contribution is 2.38. The Morgan fingerprint density at radius 1 is 1.03 bits per heavy atom. The lowest BCUT2D eigenvalue weighted by Gasteiger charge is -2.31.